The van der Waals surface area contributed by atoms with E-state index in [-0.39, 0.29) is 6.61 Å². The molecule has 7 nitrogen and oxygen atoms in total. The summed E-state index contributed by atoms with van der Waals surface area (Å²) in [4.78, 5) is 2.12. The van der Waals surface area contributed by atoms with Crippen molar-refractivity contribution in [3.8, 4) is 11.5 Å². The summed E-state index contributed by atoms with van der Waals surface area (Å²) in [6.07, 6.45) is 3.41. The number of rotatable bonds is 9. The fourth-order valence-corrected chi connectivity index (χ4v) is 4.36. The van der Waals surface area contributed by atoms with Gasteiger partial charge in [0, 0.05) is 25.8 Å². The van der Waals surface area contributed by atoms with Crippen molar-refractivity contribution < 1.29 is 19.7 Å². The fourth-order valence-electron chi connectivity index (χ4n) is 4.18. The normalized spacial score (nSPS) is 20.9. The predicted molar refractivity (Wildman–Crippen MR) is 131 cm³/mol. The average Bonchev–Trinajstić information content (AvgIpc) is 3.22. The quantitative estimate of drug-likeness (QED) is 0.482. The molecule has 0 amide bonds. The van der Waals surface area contributed by atoms with Gasteiger partial charge in [-0.15, -0.1) is 0 Å². The SMILES string of the molecule is Cc1ccc(Cl)c(OC[C@@]2(O)CN(Cc3cccc(OCCn4cc(C)cn4)c3)CC[C@@H]2O)c1. The number of likely N-dealkylation sites (tertiary alicyclic amines) is 1. The van der Waals surface area contributed by atoms with Gasteiger partial charge in [0.05, 0.1) is 23.9 Å². The molecular formula is C26H32ClN3O4. The molecule has 1 aliphatic heterocycles. The van der Waals surface area contributed by atoms with Crippen LogP contribution in [0.1, 0.15) is 23.1 Å². The number of aliphatic hydroxyl groups excluding tert-OH is 1. The molecule has 8 heteroatoms. The number of aryl methyl sites for hydroxylation is 2. The zero-order chi connectivity index (χ0) is 24.1. The summed E-state index contributed by atoms with van der Waals surface area (Å²) >= 11 is 6.22. The zero-order valence-corrected chi connectivity index (χ0v) is 20.4. The number of aliphatic hydroxyl groups is 2. The molecule has 0 unspecified atom stereocenters. The first kappa shape index (κ1) is 24.5. The van der Waals surface area contributed by atoms with Gasteiger partial charge in [-0.1, -0.05) is 29.8 Å². The second-order valence-electron chi connectivity index (χ2n) is 9.12. The first-order valence-corrected chi connectivity index (χ1v) is 11.9. The number of halogens is 1. The summed E-state index contributed by atoms with van der Waals surface area (Å²) in [5.41, 5.74) is 1.83. The predicted octanol–water partition coefficient (Wildman–Crippen LogP) is 3.61. The van der Waals surface area contributed by atoms with Gasteiger partial charge < -0.3 is 19.7 Å². The van der Waals surface area contributed by atoms with E-state index >= 15 is 0 Å². The Kier molecular flexibility index (Phi) is 7.78. The highest BCUT2D eigenvalue weighted by Crippen LogP contribution is 2.29. The van der Waals surface area contributed by atoms with Crippen molar-refractivity contribution in [2.45, 2.75) is 45.1 Å². The van der Waals surface area contributed by atoms with Crippen LogP contribution in [0, 0.1) is 13.8 Å². The Morgan fingerprint density at radius 3 is 2.79 bits per heavy atom. The summed E-state index contributed by atoms with van der Waals surface area (Å²) in [5, 5.41) is 26.5. The van der Waals surface area contributed by atoms with Crippen LogP contribution in [-0.2, 0) is 13.1 Å². The van der Waals surface area contributed by atoms with Crippen LogP contribution in [-0.4, -0.2) is 62.9 Å². The van der Waals surface area contributed by atoms with Crippen LogP contribution >= 0.6 is 11.6 Å². The van der Waals surface area contributed by atoms with Crippen molar-refractivity contribution in [1.29, 1.82) is 0 Å². The highest BCUT2D eigenvalue weighted by Gasteiger charge is 2.42. The lowest BCUT2D eigenvalue weighted by Crippen LogP contribution is -2.59. The molecule has 0 radical (unpaired) electrons. The average molecular weight is 486 g/mol. The van der Waals surface area contributed by atoms with E-state index < -0.39 is 11.7 Å². The van der Waals surface area contributed by atoms with Crippen LogP contribution in [0.25, 0.3) is 0 Å². The largest absolute Gasteiger partial charge is 0.492 e. The Bertz CT molecular complexity index is 1110. The molecular weight excluding hydrogens is 454 g/mol. The minimum absolute atomic E-state index is 0.0378. The van der Waals surface area contributed by atoms with E-state index in [9.17, 15) is 10.2 Å². The van der Waals surface area contributed by atoms with Gasteiger partial charge in [-0.2, -0.15) is 5.10 Å². The molecule has 34 heavy (non-hydrogen) atoms. The molecule has 2 aromatic carbocycles. The first-order valence-electron chi connectivity index (χ1n) is 11.5. The molecule has 1 aromatic heterocycles. The Morgan fingerprint density at radius 1 is 1.15 bits per heavy atom. The fraction of sp³-hybridized carbons (Fsp3) is 0.423. The van der Waals surface area contributed by atoms with Crippen molar-refractivity contribution in [2.24, 2.45) is 0 Å². The number of hydrogen-bond donors (Lipinski definition) is 2. The lowest BCUT2D eigenvalue weighted by molar-refractivity contribution is -0.140. The molecule has 1 fully saturated rings. The van der Waals surface area contributed by atoms with E-state index in [4.69, 9.17) is 21.1 Å². The van der Waals surface area contributed by atoms with Crippen molar-refractivity contribution in [2.75, 3.05) is 26.3 Å². The second kappa shape index (κ2) is 10.8. The second-order valence-corrected chi connectivity index (χ2v) is 9.53. The molecule has 2 N–H and O–H groups in total. The van der Waals surface area contributed by atoms with Crippen molar-refractivity contribution in [3.05, 3.63) is 76.6 Å². The lowest BCUT2D eigenvalue weighted by Gasteiger charge is -2.42. The highest BCUT2D eigenvalue weighted by molar-refractivity contribution is 6.32. The summed E-state index contributed by atoms with van der Waals surface area (Å²) in [6.45, 7) is 6.74. The molecule has 1 aliphatic rings. The van der Waals surface area contributed by atoms with Crippen LogP contribution in [0.2, 0.25) is 5.02 Å². The number of hydrogen-bond acceptors (Lipinski definition) is 6. The summed E-state index contributed by atoms with van der Waals surface area (Å²) in [6, 6.07) is 13.5. The lowest BCUT2D eigenvalue weighted by atomic mass is 9.90. The van der Waals surface area contributed by atoms with E-state index in [1.165, 1.54) is 0 Å². The number of ether oxygens (including phenoxy) is 2. The van der Waals surface area contributed by atoms with Gasteiger partial charge >= 0.3 is 0 Å². The van der Waals surface area contributed by atoms with E-state index in [1.54, 1.807) is 6.07 Å². The van der Waals surface area contributed by atoms with E-state index in [0.29, 0.717) is 50.0 Å². The van der Waals surface area contributed by atoms with Crippen LogP contribution in [0.5, 0.6) is 11.5 Å². The molecule has 0 bridgehead atoms. The summed E-state index contributed by atoms with van der Waals surface area (Å²) in [7, 11) is 0. The number of piperidine rings is 1. The zero-order valence-electron chi connectivity index (χ0n) is 19.7. The van der Waals surface area contributed by atoms with Gasteiger partial charge in [-0.05, 0) is 61.2 Å². The molecule has 0 saturated carbocycles. The van der Waals surface area contributed by atoms with E-state index in [1.807, 2.05) is 67.3 Å². The summed E-state index contributed by atoms with van der Waals surface area (Å²) in [5.74, 6) is 1.31. The molecule has 3 aromatic rings. The maximum absolute atomic E-state index is 11.2. The smallest absolute Gasteiger partial charge is 0.138 e. The standard InChI is InChI=1S/C26H32ClN3O4/c1-19-6-7-23(27)24(12-19)34-18-26(32)17-29(9-8-25(26)31)16-21-4-3-5-22(13-21)33-11-10-30-15-20(2)14-28-30/h3-7,12-15,25,31-32H,8-11,16-18H2,1-2H3/t25-,26-/m0/s1. The molecule has 0 spiro atoms. The summed E-state index contributed by atoms with van der Waals surface area (Å²) < 4.78 is 13.6. The Labute approximate surface area is 205 Å². The maximum atomic E-state index is 11.2. The van der Waals surface area contributed by atoms with Crippen molar-refractivity contribution in [3.63, 3.8) is 0 Å². The Morgan fingerprint density at radius 2 is 2.00 bits per heavy atom. The monoisotopic (exact) mass is 485 g/mol. The topological polar surface area (TPSA) is 80.0 Å². The molecule has 0 aliphatic carbocycles. The Hall–Kier alpha value is -2.58. The minimum atomic E-state index is -1.39. The van der Waals surface area contributed by atoms with Gasteiger partial charge in [0.2, 0.25) is 0 Å². The molecule has 4 rings (SSSR count). The number of benzene rings is 2. The number of β-amino-alcohol motifs (C(OH)–C–C–N with tert-alkyl or cyclic N) is 1. The van der Waals surface area contributed by atoms with E-state index in [2.05, 4.69) is 10.00 Å². The molecule has 2 heterocycles. The third-order valence-electron chi connectivity index (χ3n) is 6.06. The molecule has 1 saturated heterocycles. The van der Waals surface area contributed by atoms with Crippen LogP contribution in [0.4, 0.5) is 0 Å². The van der Waals surface area contributed by atoms with Crippen LogP contribution in [0.3, 0.4) is 0 Å². The van der Waals surface area contributed by atoms with Gasteiger partial charge in [0.1, 0.15) is 30.3 Å². The van der Waals surface area contributed by atoms with Gasteiger partial charge in [-0.25, -0.2) is 0 Å². The van der Waals surface area contributed by atoms with Gasteiger partial charge in [0.15, 0.2) is 0 Å². The highest BCUT2D eigenvalue weighted by atomic mass is 35.5. The molecule has 2 atom stereocenters. The molecule has 182 valence electrons. The van der Waals surface area contributed by atoms with E-state index in [0.717, 1.165) is 22.4 Å². The number of aromatic nitrogens is 2. The third-order valence-corrected chi connectivity index (χ3v) is 6.37. The van der Waals surface area contributed by atoms with Gasteiger partial charge in [-0.3, -0.25) is 9.58 Å². The third kappa shape index (κ3) is 6.30. The Balaban J connectivity index is 1.33. The van der Waals surface area contributed by atoms with Crippen LogP contribution < -0.4 is 9.47 Å². The van der Waals surface area contributed by atoms with Gasteiger partial charge in [0.25, 0.3) is 0 Å². The number of nitrogens with zero attached hydrogens (tertiary/aromatic N) is 3. The van der Waals surface area contributed by atoms with Crippen LogP contribution in [0.15, 0.2) is 54.9 Å². The minimum Gasteiger partial charge on any atom is -0.492 e. The maximum Gasteiger partial charge on any atom is 0.138 e. The van der Waals surface area contributed by atoms with Crippen molar-refractivity contribution in [1.82, 2.24) is 14.7 Å². The first-order chi connectivity index (χ1) is 16.3. The van der Waals surface area contributed by atoms with Crippen molar-refractivity contribution >= 4 is 11.6 Å².